The summed E-state index contributed by atoms with van der Waals surface area (Å²) < 4.78 is 7.32. The average Bonchev–Trinajstić information content (AvgIpc) is 3.13. The molecule has 3 rings (SSSR count). The first-order chi connectivity index (χ1) is 11.0. The highest BCUT2D eigenvalue weighted by molar-refractivity contribution is 6.06. The normalized spacial score (nSPS) is 18.0. The largest absolute Gasteiger partial charge is 0.376 e. The van der Waals surface area contributed by atoms with Crippen molar-refractivity contribution < 1.29 is 9.53 Å². The molecule has 23 heavy (non-hydrogen) atoms. The van der Waals surface area contributed by atoms with Crippen molar-refractivity contribution in [3.63, 3.8) is 0 Å². The van der Waals surface area contributed by atoms with Crippen LogP contribution in [0.5, 0.6) is 0 Å². The molecule has 0 spiro atoms. The zero-order valence-electron chi connectivity index (χ0n) is 14.2. The Morgan fingerprint density at radius 2 is 2.30 bits per heavy atom. The van der Waals surface area contributed by atoms with Gasteiger partial charge in [-0.3, -0.25) is 9.48 Å². The van der Waals surface area contributed by atoms with Gasteiger partial charge in [-0.15, -0.1) is 0 Å². The first kappa shape index (κ1) is 15.9. The van der Waals surface area contributed by atoms with Crippen LogP contribution in [0.15, 0.2) is 6.07 Å². The topological polar surface area (TPSA) is 69.0 Å². The molecule has 6 heteroatoms. The van der Waals surface area contributed by atoms with E-state index < -0.39 is 0 Å². The summed E-state index contributed by atoms with van der Waals surface area (Å²) in [6, 6.07) is 1.90. The lowest BCUT2D eigenvalue weighted by atomic mass is 10.0. The third kappa shape index (κ3) is 3.08. The quantitative estimate of drug-likeness (QED) is 0.940. The van der Waals surface area contributed by atoms with Gasteiger partial charge in [-0.25, -0.2) is 4.98 Å². The maximum absolute atomic E-state index is 12.7. The SMILES string of the molecule is Cc1nn(C)c2nc(C(C)C)cc(C(=O)NC[C@H]3CCCO3)c12. The summed E-state index contributed by atoms with van der Waals surface area (Å²) in [5.41, 5.74) is 3.15. The highest BCUT2D eigenvalue weighted by atomic mass is 16.5. The van der Waals surface area contributed by atoms with Gasteiger partial charge >= 0.3 is 0 Å². The molecule has 2 aromatic heterocycles. The number of nitrogens with one attached hydrogen (secondary N) is 1. The number of aryl methyl sites for hydroxylation is 2. The van der Waals surface area contributed by atoms with Crippen molar-refractivity contribution in [2.24, 2.45) is 7.05 Å². The van der Waals surface area contributed by atoms with E-state index in [0.717, 1.165) is 41.9 Å². The first-order valence-corrected chi connectivity index (χ1v) is 8.21. The zero-order chi connectivity index (χ0) is 16.6. The molecule has 0 unspecified atom stereocenters. The number of amides is 1. The van der Waals surface area contributed by atoms with E-state index in [4.69, 9.17) is 4.74 Å². The maximum atomic E-state index is 12.7. The first-order valence-electron chi connectivity index (χ1n) is 8.21. The summed E-state index contributed by atoms with van der Waals surface area (Å²) in [6.45, 7) is 7.41. The number of aromatic nitrogens is 3. The standard InChI is InChI=1S/C17H24N4O2/c1-10(2)14-8-13(15-11(3)20-21(4)16(15)19-14)17(22)18-9-12-6-5-7-23-12/h8,10,12H,5-7,9H2,1-4H3,(H,18,22)/t12-/m1/s1. The molecule has 2 aromatic rings. The van der Waals surface area contributed by atoms with Gasteiger partial charge in [0.05, 0.1) is 22.7 Å². The Bertz CT molecular complexity index is 730. The Labute approximate surface area is 136 Å². The number of fused-ring (bicyclic) bond motifs is 1. The lowest BCUT2D eigenvalue weighted by Crippen LogP contribution is -2.32. The molecule has 0 aromatic carbocycles. The molecule has 1 atom stereocenters. The van der Waals surface area contributed by atoms with Crippen LogP contribution in [0.25, 0.3) is 11.0 Å². The second kappa shape index (κ2) is 6.28. The molecule has 124 valence electrons. The molecule has 0 aliphatic carbocycles. The van der Waals surface area contributed by atoms with Gasteiger partial charge in [-0.05, 0) is 31.7 Å². The highest BCUT2D eigenvalue weighted by Crippen LogP contribution is 2.25. The monoisotopic (exact) mass is 316 g/mol. The van der Waals surface area contributed by atoms with Crippen LogP contribution in [0, 0.1) is 6.92 Å². The number of carbonyl (C=O) groups excluding carboxylic acids is 1. The van der Waals surface area contributed by atoms with Gasteiger partial charge in [0, 0.05) is 25.9 Å². The Hall–Kier alpha value is -1.95. The van der Waals surface area contributed by atoms with Crippen LogP contribution in [0.1, 0.15) is 54.4 Å². The summed E-state index contributed by atoms with van der Waals surface area (Å²) in [7, 11) is 1.86. The summed E-state index contributed by atoms with van der Waals surface area (Å²) in [5, 5.41) is 8.26. The minimum absolute atomic E-state index is 0.0779. The molecule has 1 amide bonds. The molecular weight excluding hydrogens is 292 g/mol. The van der Waals surface area contributed by atoms with Crippen molar-refractivity contribution in [1.82, 2.24) is 20.1 Å². The number of hydrogen-bond acceptors (Lipinski definition) is 4. The number of hydrogen-bond donors (Lipinski definition) is 1. The number of pyridine rings is 1. The molecule has 1 aliphatic heterocycles. The van der Waals surface area contributed by atoms with E-state index in [-0.39, 0.29) is 17.9 Å². The van der Waals surface area contributed by atoms with Gasteiger partial charge in [-0.2, -0.15) is 5.10 Å². The maximum Gasteiger partial charge on any atom is 0.252 e. The van der Waals surface area contributed by atoms with Crippen LogP contribution in [0.2, 0.25) is 0 Å². The fourth-order valence-electron chi connectivity index (χ4n) is 3.05. The fourth-order valence-corrected chi connectivity index (χ4v) is 3.05. The van der Waals surface area contributed by atoms with Gasteiger partial charge in [0.2, 0.25) is 0 Å². The second-order valence-electron chi connectivity index (χ2n) is 6.50. The number of nitrogens with zero attached hydrogens (tertiary/aromatic N) is 3. The molecular formula is C17H24N4O2. The van der Waals surface area contributed by atoms with Crippen LogP contribution in [0.4, 0.5) is 0 Å². The van der Waals surface area contributed by atoms with Crippen molar-refractivity contribution in [2.75, 3.05) is 13.2 Å². The Morgan fingerprint density at radius 1 is 1.52 bits per heavy atom. The summed E-state index contributed by atoms with van der Waals surface area (Å²) in [5.74, 6) is 0.172. The Kier molecular flexibility index (Phi) is 4.35. The number of carbonyl (C=O) groups is 1. The van der Waals surface area contributed by atoms with E-state index in [2.05, 4.69) is 29.2 Å². The minimum atomic E-state index is -0.0779. The van der Waals surface area contributed by atoms with Gasteiger partial charge in [0.25, 0.3) is 5.91 Å². The van der Waals surface area contributed by atoms with Gasteiger partial charge in [0.1, 0.15) is 0 Å². The molecule has 1 N–H and O–H groups in total. The lowest BCUT2D eigenvalue weighted by molar-refractivity contribution is 0.0859. The van der Waals surface area contributed by atoms with Crippen molar-refractivity contribution in [2.45, 2.75) is 45.6 Å². The minimum Gasteiger partial charge on any atom is -0.376 e. The molecule has 1 aliphatic rings. The van der Waals surface area contributed by atoms with Crippen LogP contribution in [0.3, 0.4) is 0 Å². The zero-order valence-corrected chi connectivity index (χ0v) is 14.2. The van der Waals surface area contributed by atoms with E-state index in [1.54, 1.807) is 4.68 Å². The van der Waals surface area contributed by atoms with Crippen LogP contribution >= 0.6 is 0 Å². The van der Waals surface area contributed by atoms with Crippen LogP contribution < -0.4 is 5.32 Å². The smallest absolute Gasteiger partial charge is 0.252 e. The van der Waals surface area contributed by atoms with Gasteiger partial charge in [-0.1, -0.05) is 13.8 Å². The van der Waals surface area contributed by atoms with Crippen molar-refractivity contribution >= 4 is 16.9 Å². The summed E-state index contributed by atoms with van der Waals surface area (Å²) in [6.07, 6.45) is 2.21. The van der Waals surface area contributed by atoms with Crippen molar-refractivity contribution in [3.8, 4) is 0 Å². The van der Waals surface area contributed by atoms with Gasteiger partial charge in [0.15, 0.2) is 5.65 Å². The molecule has 0 saturated carbocycles. The molecule has 1 saturated heterocycles. The average molecular weight is 316 g/mol. The lowest BCUT2D eigenvalue weighted by Gasteiger charge is -2.13. The highest BCUT2D eigenvalue weighted by Gasteiger charge is 2.21. The molecule has 0 radical (unpaired) electrons. The Morgan fingerprint density at radius 3 is 2.96 bits per heavy atom. The second-order valence-corrected chi connectivity index (χ2v) is 6.50. The molecule has 3 heterocycles. The summed E-state index contributed by atoms with van der Waals surface area (Å²) >= 11 is 0. The predicted octanol–water partition coefficient (Wildman–Crippen LogP) is 2.31. The van der Waals surface area contributed by atoms with E-state index in [9.17, 15) is 4.79 Å². The molecule has 1 fully saturated rings. The Balaban J connectivity index is 1.95. The molecule has 6 nitrogen and oxygen atoms in total. The van der Waals surface area contributed by atoms with E-state index in [0.29, 0.717) is 12.1 Å². The third-order valence-corrected chi connectivity index (χ3v) is 4.34. The van der Waals surface area contributed by atoms with Crippen molar-refractivity contribution in [1.29, 1.82) is 0 Å². The number of rotatable bonds is 4. The molecule has 0 bridgehead atoms. The fraction of sp³-hybridized carbons (Fsp3) is 0.588. The van der Waals surface area contributed by atoms with E-state index >= 15 is 0 Å². The van der Waals surface area contributed by atoms with Crippen LogP contribution in [-0.2, 0) is 11.8 Å². The van der Waals surface area contributed by atoms with E-state index in [1.807, 2.05) is 20.0 Å². The van der Waals surface area contributed by atoms with Crippen molar-refractivity contribution in [3.05, 3.63) is 23.0 Å². The van der Waals surface area contributed by atoms with Crippen LogP contribution in [-0.4, -0.2) is 39.9 Å². The third-order valence-electron chi connectivity index (χ3n) is 4.34. The predicted molar refractivity (Wildman–Crippen MR) is 88.6 cm³/mol. The number of ether oxygens (including phenoxy) is 1. The summed E-state index contributed by atoms with van der Waals surface area (Å²) in [4.78, 5) is 17.4. The van der Waals surface area contributed by atoms with E-state index in [1.165, 1.54) is 0 Å². The van der Waals surface area contributed by atoms with Gasteiger partial charge < -0.3 is 10.1 Å².